The Morgan fingerprint density at radius 3 is 2.84 bits per heavy atom. The SMILES string of the molecule is CCNCC1CCN(c2nc3ccccc3s2)CC1. The van der Waals surface area contributed by atoms with Crippen molar-refractivity contribution in [3.05, 3.63) is 24.3 Å². The Kier molecular flexibility index (Phi) is 3.99. The van der Waals surface area contributed by atoms with Gasteiger partial charge in [0.1, 0.15) is 0 Å². The van der Waals surface area contributed by atoms with Gasteiger partial charge >= 0.3 is 0 Å². The second-order valence-electron chi connectivity index (χ2n) is 5.20. The van der Waals surface area contributed by atoms with Gasteiger partial charge in [-0.1, -0.05) is 30.4 Å². The second kappa shape index (κ2) is 5.88. The fourth-order valence-corrected chi connectivity index (χ4v) is 3.69. The number of aromatic nitrogens is 1. The van der Waals surface area contributed by atoms with E-state index in [1.807, 2.05) is 11.3 Å². The topological polar surface area (TPSA) is 28.2 Å². The maximum absolute atomic E-state index is 4.75. The minimum Gasteiger partial charge on any atom is -0.348 e. The molecular formula is C15H21N3S. The highest BCUT2D eigenvalue weighted by atomic mass is 32.1. The molecule has 2 aromatic rings. The molecule has 1 aliphatic heterocycles. The number of fused-ring (bicyclic) bond motifs is 1. The Labute approximate surface area is 118 Å². The van der Waals surface area contributed by atoms with E-state index in [4.69, 9.17) is 4.98 Å². The summed E-state index contributed by atoms with van der Waals surface area (Å²) < 4.78 is 1.30. The summed E-state index contributed by atoms with van der Waals surface area (Å²) in [6.07, 6.45) is 2.56. The molecule has 3 rings (SSSR count). The van der Waals surface area contributed by atoms with Gasteiger partial charge in [-0.25, -0.2) is 4.98 Å². The van der Waals surface area contributed by atoms with Gasteiger partial charge < -0.3 is 10.2 Å². The van der Waals surface area contributed by atoms with E-state index in [0.717, 1.165) is 31.1 Å². The zero-order valence-corrected chi connectivity index (χ0v) is 12.2. The van der Waals surface area contributed by atoms with E-state index in [1.165, 1.54) is 29.2 Å². The Morgan fingerprint density at radius 1 is 1.32 bits per heavy atom. The van der Waals surface area contributed by atoms with Crippen LogP contribution in [0.15, 0.2) is 24.3 Å². The van der Waals surface area contributed by atoms with Crippen LogP contribution in [0.25, 0.3) is 10.2 Å². The molecule has 0 unspecified atom stereocenters. The quantitative estimate of drug-likeness (QED) is 0.929. The summed E-state index contributed by atoms with van der Waals surface area (Å²) in [5.74, 6) is 0.838. The fourth-order valence-electron chi connectivity index (χ4n) is 2.67. The van der Waals surface area contributed by atoms with Gasteiger partial charge in [-0.2, -0.15) is 0 Å². The van der Waals surface area contributed by atoms with Gasteiger partial charge in [-0.05, 0) is 44.0 Å². The smallest absolute Gasteiger partial charge is 0.186 e. The van der Waals surface area contributed by atoms with Crippen molar-refractivity contribution in [2.75, 3.05) is 31.1 Å². The maximum atomic E-state index is 4.75. The lowest BCUT2D eigenvalue weighted by atomic mass is 9.97. The third-order valence-electron chi connectivity index (χ3n) is 3.85. The minimum absolute atomic E-state index is 0.838. The van der Waals surface area contributed by atoms with Crippen molar-refractivity contribution in [1.29, 1.82) is 0 Å². The molecule has 2 heterocycles. The zero-order chi connectivity index (χ0) is 13.1. The van der Waals surface area contributed by atoms with Crippen LogP contribution in [-0.2, 0) is 0 Å². The summed E-state index contributed by atoms with van der Waals surface area (Å²) in [4.78, 5) is 7.20. The van der Waals surface area contributed by atoms with E-state index in [0.29, 0.717) is 0 Å². The van der Waals surface area contributed by atoms with Crippen LogP contribution in [0.3, 0.4) is 0 Å². The predicted molar refractivity (Wildman–Crippen MR) is 83.1 cm³/mol. The van der Waals surface area contributed by atoms with Gasteiger partial charge in [0, 0.05) is 13.1 Å². The largest absolute Gasteiger partial charge is 0.348 e. The van der Waals surface area contributed by atoms with E-state index in [9.17, 15) is 0 Å². The fraction of sp³-hybridized carbons (Fsp3) is 0.533. The Bertz CT molecular complexity index is 496. The first kappa shape index (κ1) is 12.9. The molecule has 0 spiro atoms. The van der Waals surface area contributed by atoms with Gasteiger partial charge in [0.15, 0.2) is 5.13 Å². The molecule has 1 aromatic carbocycles. The molecule has 0 aliphatic carbocycles. The van der Waals surface area contributed by atoms with Crippen LogP contribution in [0.4, 0.5) is 5.13 Å². The lowest BCUT2D eigenvalue weighted by Gasteiger charge is -2.31. The Hall–Kier alpha value is -1.13. The predicted octanol–water partition coefficient (Wildman–Crippen LogP) is 3.12. The van der Waals surface area contributed by atoms with Gasteiger partial charge in [0.2, 0.25) is 0 Å². The Morgan fingerprint density at radius 2 is 2.11 bits per heavy atom. The maximum Gasteiger partial charge on any atom is 0.186 e. The lowest BCUT2D eigenvalue weighted by Crippen LogP contribution is -2.37. The number of benzene rings is 1. The third-order valence-corrected chi connectivity index (χ3v) is 4.95. The van der Waals surface area contributed by atoms with Gasteiger partial charge in [-0.3, -0.25) is 0 Å². The van der Waals surface area contributed by atoms with Gasteiger partial charge in [0.05, 0.1) is 10.2 Å². The van der Waals surface area contributed by atoms with Gasteiger partial charge in [0.25, 0.3) is 0 Å². The van der Waals surface area contributed by atoms with E-state index in [2.05, 4.69) is 41.4 Å². The van der Waals surface area contributed by atoms with E-state index < -0.39 is 0 Å². The first-order valence-electron chi connectivity index (χ1n) is 7.18. The van der Waals surface area contributed by atoms with Crippen molar-refractivity contribution in [3.63, 3.8) is 0 Å². The number of hydrogen-bond acceptors (Lipinski definition) is 4. The van der Waals surface area contributed by atoms with Crippen LogP contribution >= 0.6 is 11.3 Å². The van der Waals surface area contributed by atoms with Crippen molar-refractivity contribution in [2.45, 2.75) is 19.8 Å². The van der Waals surface area contributed by atoms with Crippen molar-refractivity contribution in [2.24, 2.45) is 5.92 Å². The first-order chi connectivity index (χ1) is 9.36. The monoisotopic (exact) mass is 275 g/mol. The van der Waals surface area contributed by atoms with Crippen molar-refractivity contribution >= 4 is 26.7 Å². The highest BCUT2D eigenvalue weighted by Gasteiger charge is 2.21. The number of hydrogen-bond donors (Lipinski definition) is 1. The van der Waals surface area contributed by atoms with E-state index in [1.54, 1.807) is 0 Å². The molecule has 4 heteroatoms. The molecule has 0 saturated carbocycles. The van der Waals surface area contributed by atoms with E-state index in [-0.39, 0.29) is 0 Å². The molecule has 0 bridgehead atoms. The number of thiazole rings is 1. The van der Waals surface area contributed by atoms with Crippen LogP contribution in [0.2, 0.25) is 0 Å². The van der Waals surface area contributed by atoms with Crippen molar-refractivity contribution in [3.8, 4) is 0 Å². The number of rotatable bonds is 4. The van der Waals surface area contributed by atoms with Crippen LogP contribution in [0.1, 0.15) is 19.8 Å². The van der Waals surface area contributed by atoms with Crippen LogP contribution < -0.4 is 10.2 Å². The number of anilines is 1. The standard InChI is InChI=1S/C15H21N3S/c1-2-16-11-12-7-9-18(10-8-12)15-17-13-5-3-4-6-14(13)19-15/h3-6,12,16H,2,7-11H2,1H3. The van der Waals surface area contributed by atoms with Crippen molar-refractivity contribution < 1.29 is 0 Å². The molecule has 0 atom stereocenters. The highest BCUT2D eigenvalue weighted by Crippen LogP contribution is 2.31. The number of nitrogens with zero attached hydrogens (tertiary/aromatic N) is 2. The zero-order valence-electron chi connectivity index (χ0n) is 11.4. The molecule has 1 aromatic heterocycles. The minimum atomic E-state index is 0.838. The number of para-hydroxylation sites is 1. The molecule has 3 nitrogen and oxygen atoms in total. The summed E-state index contributed by atoms with van der Waals surface area (Å²) in [6.45, 7) is 6.73. The molecular weight excluding hydrogens is 254 g/mol. The first-order valence-corrected chi connectivity index (χ1v) is 7.99. The van der Waals surface area contributed by atoms with Crippen LogP contribution in [0.5, 0.6) is 0 Å². The van der Waals surface area contributed by atoms with Crippen molar-refractivity contribution in [1.82, 2.24) is 10.3 Å². The summed E-state index contributed by atoms with van der Waals surface area (Å²) >= 11 is 1.82. The van der Waals surface area contributed by atoms with Crippen LogP contribution in [-0.4, -0.2) is 31.2 Å². The normalized spacial score (nSPS) is 17.2. The molecule has 102 valence electrons. The average molecular weight is 275 g/mol. The summed E-state index contributed by atoms with van der Waals surface area (Å²) in [5, 5.41) is 4.66. The highest BCUT2D eigenvalue weighted by molar-refractivity contribution is 7.22. The molecule has 1 N–H and O–H groups in total. The molecule has 0 radical (unpaired) electrons. The molecule has 1 saturated heterocycles. The molecule has 1 fully saturated rings. The molecule has 0 amide bonds. The molecule has 1 aliphatic rings. The molecule has 19 heavy (non-hydrogen) atoms. The number of piperidine rings is 1. The lowest BCUT2D eigenvalue weighted by molar-refractivity contribution is 0.386. The third kappa shape index (κ3) is 2.90. The number of nitrogens with one attached hydrogen (secondary N) is 1. The summed E-state index contributed by atoms with van der Waals surface area (Å²) in [5.41, 5.74) is 1.14. The van der Waals surface area contributed by atoms with E-state index >= 15 is 0 Å². The van der Waals surface area contributed by atoms with Crippen LogP contribution in [0, 0.1) is 5.92 Å². The Balaban J connectivity index is 1.64. The summed E-state index contributed by atoms with van der Waals surface area (Å²) in [7, 11) is 0. The summed E-state index contributed by atoms with van der Waals surface area (Å²) in [6, 6.07) is 8.42. The van der Waals surface area contributed by atoms with Gasteiger partial charge in [-0.15, -0.1) is 0 Å². The average Bonchev–Trinajstić information content (AvgIpc) is 2.89. The second-order valence-corrected chi connectivity index (χ2v) is 6.21.